The SMILES string of the molecule is O=C(CC(=O)N1CCN(Cc2ccccc2)CC1)Nc1ccc(Cl)cc1. The van der Waals surface area contributed by atoms with Crippen LogP contribution in [0.5, 0.6) is 0 Å². The van der Waals surface area contributed by atoms with Crippen LogP contribution in [-0.2, 0) is 16.1 Å². The number of nitrogens with zero attached hydrogens (tertiary/aromatic N) is 2. The van der Waals surface area contributed by atoms with E-state index in [9.17, 15) is 9.59 Å². The van der Waals surface area contributed by atoms with Crippen molar-refractivity contribution < 1.29 is 9.59 Å². The Balaban J connectivity index is 1.43. The summed E-state index contributed by atoms with van der Waals surface area (Å²) < 4.78 is 0. The highest BCUT2D eigenvalue weighted by Gasteiger charge is 2.22. The quantitative estimate of drug-likeness (QED) is 0.822. The lowest BCUT2D eigenvalue weighted by Crippen LogP contribution is -2.48. The standard InChI is InChI=1S/C20H22ClN3O2/c21-17-6-8-18(9-7-17)22-19(25)14-20(26)24-12-10-23(11-13-24)15-16-4-2-1-3-5-16/h1-9H,10-15H2,(H,22,25). The molecule has 1 aliphatic rings. The molecule has 3 rings (SSSR count). The zero-order chi connectivity index (χ0) is 18.4. The van der Waals surface area contributed by atoms with Gasteiger partial charge in [0, 0.05) is 43.4 Å². The molecule has 0 saturated carbocycles. The van der Waals surface area contributed by atoms with Gasteiger partial charge in [0.1, 0.15) is 6.42 Å². The van der Waals surface area contributed by atoms with Gasteiger partial charge in [-0.1, -0.05) is 41.9 Å². The summed E-state index contributed by atoms with van der Waals surface area (Å²) in [6.45, 7) is 3.83. The van der Waals surface area contributed by atoms with Gasteiger partial charge in [0.2, 0.25) is 11.8 Å². The molecule has 0 radical (unpaired) electrons. The Morgan fingerprint density at radius 1 is 0.923 bits per heavy atom. The molecule has 0 aliphatic carbocycles. The Hall–Kier alpha value is -2.37. The van der Waals surface area contributed by atoms with Crippen LogP contribution in [-0.4, -0.2) is 47.8 Å². The van der Waals surface area contributed by atoms with E-state index in [0.717, 1.165) is 19.6 Å². The lowest BCUT2D eigenvalue weighted by atomic mass is 10.2. The molecule has 1 saturated heterocycles. The summed E-state index contributed by atoms with van der Waals surface area (Å²) in [5.74, 6) is -0.431. The van der Waals surface area contributed by atoms with Gasteiger partial charge in [-0.3, -0.25) is 14.5 Å². The molecule has 0 spiro atoms. The number of carbonyl (C=O) groups excluding carboxylic acids is 2. The topological polar surface area (TPSA) is 52.7 Å². The van der Waals surface area contributed by atoms with Crippen molar-refractivity contribution in [1.29, 1.82) is 0 Å². The summed E-state index contributed by atoms with van der Waals surface area (Å²) in [7, 11) is 0. The summed E-state index contributed by atoms with van der Waals surface area (Å²) in [6, 6.07) is 17.1. The lowest BCUT2D eigenvalue weighted by Gasteiger charge is -2.34. The third-order valence-electron chi connectivity index (χ3n) is 4.41. The van der Waals surface area contributed by atoms with E-state index in [1.807, 2.05) is 18.2 Å². The van der Waals surface area contributed by atoms with Crippen LogP contribution in [0.1, 0.15) is 12.0 Å². The van der Waals surface area contributed by atoms with Crippen LogP contribution in [0.15, 0.2) is 54.6 Å². The van der Waals surface area contributed by atoms with E-state index in [1.165, 1.54) is 5.56 Å². The Labute approximate surface area is 158 Å². The van der Waals surface area contributed by atoms with Crippen molar-refractivity contribution in [3.05, 3.63) is 65.2 Å². The van der Waals surface area contributed by atoms with Gasteiger partial charge in [0.05, 0.1) is 0 Å². The molecule has 1 fully saturated rings. The second-order valence-electron chi connectivity index (χ2n) is 6.37. The number of rotatable bonds is 5. The highest BCUT2D eigenvalue weighted by molar-refractivity contribution is 6.30. The molecule has 6 heteroatoms. The monoisotopic (exact) mass is 371 g/mol. The highest BCUT2D eigenvalue weighted by atomic mass is 35.5. The van der Waals surface area contributed by atoms with Crippen molar-refractivity contribution in [2.75, 3.05) is 31.5 Å². The molecule has 1 N–H and O–H groups in total. The summed E-state index contributed by atoms with van der Waals surface area (Å²) in [5.41, 5.74) is 1.91. The molecule has 5 nitrogen and oxygen atoms in total. The first-order valence-electron chi connectivity index (χ1n) is 8.69. The Morgan fingerprint density at radius 3 is 2.23 bits per heavy atom. The number of carbonyl (C=O) groups is 2. The van der Waals surface area contributed by atoms with Gasteiger partial charge in [-0.15, -0.1) is 0 Å². The molecule has 0 unspecified atom stereocenters. The van der Waals surface area contributed by atoms with Gasteiger partial charge in [-0.05, 0) is 29.8 Å². The Bertz CT molecular complexity index is 741. The largest absolute Gasteiger partial charge is 0.340 e. The normalized spacial score (nSPS) is 14.9. The fourth-order valence-electron chi connectivity index (χ4n) is 2.98. The van der Waals surface area contributed by atoms with Crippen molar-refractivity contribution in [2.45, 2.75) is 13.0 Å². The van der Waals surface area contributed by atoms with Crippen LogP contribution in [0.4, 0.5) is 5.69 Å². The molecular formula is C20H22ClN3O2. The van der Waals surface area contributed by atoms with Crippen molar-refractivity contribution in [1.82, 2.24) is 9.80 Å². The summed E-state index contributed by atoms with van der Waals surface area (Å²) in [6.07, 6.45) is -0.138. The van der Waals surface area contributed by atoms with E-state index < -0.39 is 0 Å². The molecular weight excluding hydrogens is 350 g/mol. The van der Waals surface area contributed by atoms with Gasteiger partial charge in [-0.25, -0.2) is 0 Å². The first-order valence-corrected chi connectivity index (χ1v) is 9.07. The van der Waals surface area contributed by atoms with Crippen LogP contribution in [0.2, 0.25) is 5.02 Å². The molecule has 1 aliphatic heterocycles. The number of anilines is 1. The average molecular weight is 372 g/mol. The van der Waals surface area contributed by atoms with Crippen molar-refractivity contribution in [3.63, 3.8) is 0 Å². The number of hydrogen-bond acceptors (Lipinski definition) is 3. The Kier molecular flexibility index (Phi) is 6.26. The number of nitrogens with one attached hydrogen (secondary N) is 1. The van der Waals surface area contributed by atoms with E-state index in [4.69, 9.17) is 11.6 Å². The fourth-order valence-corrected chi connectivity index (χ4v) is 3.11. The van der Waals surface area contributed by atoms with Crippen LogP contribution in [0, 0.1) is 0 Å². The van der Waals surface area contributed by atoms with Crippen molar-refractivity contribution >= 4 is 29.1 Å². The minimum absolute atomic E-state index is 0.129. The number of hydrogen-bond donors (Lipinski definition) is 1. The molecule has 0 aromatic heterocycles. The molecule has 2 amide bonds. The fraction of sp³-hybridized carbons (Fsp3) is 0.300. The third kappa shape index (κ3) is 5.31. The second-order valence-corrected chi connectivity index (χ2v) is 6.81. The molecule has 1 heterocycles. The first-order chi connectivity index (χ1) is 12.6. The van der Waals surface area contributed by atoms with E-state index in [2.05, 4.69) is 22.3 Å². The summed E-state index contributed by atoms with van der Waals surface area (Å²) in [5, 5.41) is 3.33. The summed E-state index contributed by atoms with van der Waals surface area (Å²) >= 11 is 5.82. The van der Waals surface area contributed by atoms with Crippen molar-refractivity contribution in [3.8, 4) is 0 Å². The minimum atomic E-state index is -0.302. The zero-order valence-electron chi connectivity index (χ0n) is 14.5. The second kappa shape index (κ2) is 8.83. The molecule has 2 aromatic rings. The average Bonchev–Trinajstić information content (AvgIpc) is 2.65. The smallest absolute Gasteiger partial charge is 0.233 e. The molecule has 0 bridgehead atoms. The van der Waals surface area contributed by atoms with Crippen LogP contribution in [0.25, 0.3) is 0 Å². The van der Waals surface area contributed by atoms with Gasteiger partial charge in [0.25, 0.3) is 0 Å². The maximum Gasteiger partial charge on any atom is 0.233 e. The number of halogens is 1. The number of amides is 2. The molecule has 0 atom stereocenters. The van der Waals surface area contributed by atoms with Gasteiger partial charge >= 0.3 is 0 Å². The van der Waals surface area contributed by atoms with E-state index in [-0.39, 0.29) is 18.2 Å². The van der Waals surface area contributed by atoms with Crippen LogP contribution < -0.4 is 5.32 Å². The van der Waals surface area contributed by atoms with E-state index in [0.29, 0.717) is 23.8 Å². The van der Waals surface area contributed by atoms with E-state index >= 15 is 0 Å². The predicted molar refractivity (Wildman–Crippen MR) is 103 cm³/mol. The van der Waals surface area contributed by atoms with Gasteiger partial charge in [0.15, 0.2) is 0 Å². The van der Waals surface area contributed by atoms with Crippen LogP contribution in [0.3, 0.4) is 0 Å². The minimum Gasteiger partial charge on any atom is -0.340 e. The van der Waals surface area contributed by atoms with Gasteiger partial charge < -0.3 is 10.2 Å². The first kappa shape index (κ1) is 18.4. The number of piperazine rings is 1. The molecule has 2 aromatic carbocycles. The zero-order valence-corrected chi connectivity index (χ0v) is 15.3. The maximum atomic E-state index is 12.3. The van der Waals surface area contributed by atoms with Gasteiger partial charge in [-0.2, -0.15) is 0 Å². The third-order valence-corrected chi connectivity index (χ3v) is 4.67. The van der Waals surface area contributed by atoms with Crippen molar-refractivity contribution in [2.24, 2.45) is 0 Å². The molecule has 136 valence electrons. The Morgan fingerprint density at radius 2 is 1.58 bits per heavy atom. The lowest BCUT2D eigenvalue weighted by molar-refractivity contribution is -0.136. The highest BCUT2D eigenvalue weighted by Crippen LogP contribution is 2.14. The maximum absolute atomic E-state index is 12.3. The summed E-state index contributed by atoms with van der Waals surface area (Å²) in [4.78, 5) is 28.5. The van der Waals surface area contributed by atoms with Crippen LogP contribution >= 0.6 is 11.6 Å². The molecule has 26 heavy (non-hydrogen) atoms. The number of benzene rings is 2. The van der Waals surface area contributed by atoms with E-state index in [1.54, 1.807) is 29.2 Å². The predicted octanol–water partition coefficient (Wildman–Crippen LogP) is 3.01.